The molecule has 1 aromatic rings. The van der Waals surface area contributed by atoms with Crippen molar-refractivity contribution in [1.82, 2.24) is 9.78 Å². The summed E-state index contributed by atoms with van der Waals surface area (Å²) in [5, 5.41) is 4.87. The Kier molecular flexibility index (Phi) is 4.13. The van der Waals surface area contributed by atoms with Gasteiger partial charge < -0.3 is 0 Å². The minimum absolute atomic E-state index is 0.353. The third-order valence-corrected chi connectivity index (χ3v) is 4.48. The summed E-state index contributed by atoms with van der Waals surface area (Å²) >= 11 is 6.47. The molecule has 2 nitrogen and oxygen atoms in total. The van der Waals surface area contributed by atoms with Gasteiger partial charge in [-0.3, -0.25) is 4.68 Å². The van der Waals surface area contributed by atoms with E-state index in [4.69, 9.17) is 11.6 Å². The van der Waals surface area contributed by atoms with Crippen LogP contribution in [0, 0.1) is 18.8 Å². The number of nitrogens with zero attached hydrogens (tertiary/aromatic N) is 2. The van der Waals surface area contributed by atoms with Crippen LogP contribution in [-0.4, -0.2) is 15.2 Å². The Morgan fingerprint density at radius 2 is 2.24 bits per heavy atom. The standard InChI is InChI=1S/C14H23ClN2/c1-4-17-13(8-11(3)16-17)9-12-7-10(2)5-6-14(12)15/h8,10,12,14H,4-7,9H2,1-3H3. The molecule has 2 rings (SSSR count). The van der Waals surface area contributed by atoms with Crippen LogP contribution in [0.3, 0.4) is 0 Å². The van der Waals surface area contributed by atoms with E-state index >= 15 is 0 Å². The number of halogens is 1. The number of alkyl halides is 1. The number of hydrogen-bond acceptors (Lipinski definition) is 1. The highest BCUT2D eigenvalue weighted by molar-refractivity contribution is 6.20. The van der Waals surface area contributed by atoms with Gasteiger partial charge >= 0.3 is 0 Å². The molecule has 0 radical (unpaired) electrons. The van der Waals surface area contributed by atoms with Gasteiger partial charge in [-0.1, -0.05) is 6.92 Å². The van der Waals surface area contributed by atoms with Crippen LogP contribution in [0.2, 0.25) is 0 Å². The van der Waals surface area contributed by atoms with Crippen molar-refractivity contribution in [2.75, 3.05) is 0 Å². The highest BCUT2D eigenvalue weighted by atomic mass is 35.5. The molecule has 1 aliphatic carbocycles. The van der Waals surface area contributed by atoms with Crippen LogP contribution in [0.4, 0.5) is 0 Å². The van der Waals surface area contributed by atoms with Gasteiger partial charge in [0, 0.05) is 17.6 Å². The smallest absolute Gasteiger partial charge is 0.0596 e. The molecule has 0 aliphatic heterocycles. The molecule has 0 amide bonds. The van der Waals surface area contributed by atoms with Crippen molar-refractivity contribution >= 4 is 11.6 Å². The molecule has 3 heteroatoms. The first kappa shape index (κ1) is 12.9. The van der Waals surface area contributed by atoms with E-state index in [-0.39, 0.29) is 0 Å². The fourth-order valence-corrected chi connectivity index (χ4v) is 3.30. The SMILES string of the molecule is CCn1nc(C)cc1CC1CC(C)CCC1Cl. The maximum Gasteiger partial charge on any atom is 0.0596 e. The second kappa shape index (κ2) is 5.43. The Bertz CT molecular complexity index is 372. The first-order valence-electron chi connectivity index (χ1n) is 6.77. The molecule has 1 fully saturated rings. The number of aryl methyl sites for hydroxylation is 2. The third kappa shape index (κ3) is 3.04. The monoisotopic (exact) mass is 254 g/mol. The zero-order chi connectivity index (χ0) is 12.4. The lowest BCUT2D eigenvalue weighted by Crippen LogP contribution is -2.26. The Hall–Kier alpha value is -0.500. The minimum atomic E-state index is 0.353. The Balaban J connectivity index is 2.08. The lowest BCUT2D eigenvalue weighted by atomic mass is 9.80. The van der Waals surface area contributed by atoms with E-state index in [1.807, 2.05) is 0 Å². The maximum atomic E-state index is 6.47. The zero-order valence-electron chi connectivity index (χ0n) is 11.1. The van der Waals surface area contributed by atoms with Gasteiger partial charge in [0.1, 0.15) is 0 Å². The molecule has 0 aromatic carbocycles. The van der Waals surface area contributed by atoms with Crippen LogP contribution >= 0.6 is 11.6 Å². The van der Waals surface area contributed by atoms with Gasteiger partial charge in [0.25, 0.3) is 0 Å². The number of rotatable bonds is 3. The van der Waals surface area contributed by atoms with Gasteiger partial charge in [0.2, 0.25) is 0 Å². The van der Waals surface area contributed by atoms with Gasteiger partial charge in [-0.25, -0.2) is 0 Å². The predicted molar refractivity (Wildman–Crippen MR) is 72.5 cm³/mol. The summed E-state index contributed by atoms with van der Waals surface area (Å²) < 4.78 is 2.12. The zero-order valence-corrected chi connectivity index (χ0v) is 11.9. The first-order chi connectivity index (χ1) is 8.10. The van der Waals surface area contributed by atoms with Crippen molar-refractivity contribution < 1.29 is 0 Å². The maximum absolute atomic E-state index is 6.47. The highest BCUT2D eigenvalue weighted by Gasteiger charge is 2.28. The van der Waals surface area contributed by atoms with Crippen LogP contribution in [0.5, 0.6) is 0 Å². The van der Waals surface area contributed by atoms with E-state index < -0.39 is 0 Å². The third-order valence-electron chi connectivity index (χ3n) is 3.91. The van der Waals surface area contributed by atoms with Crippen LogP contribution < -0.4 is 0 Å². The topological polar surface area (TPSA) is 17.8 Å². The largest absolute Gasteiger partial charge is 0.270 e. The van der Waals surface area contributed by atoms with Crippen LogP contribution in [0.1, 0.15) is 44.5 Å². The molecular weight excluding hydrogens is 232 g/mol. The molecule has 1 heterocycles. The summed E-state index contributed by atoms with van der Waals surface area (Å²) in [7, 11) is 0. The van der Waals surface area contributed by atoms with Gasteiger partial charge in [0.05, 0.1) is 5.69 Å². The number of hydrogen-bond donors (Lipinski definition) is 0. The van der Waals surface area contributed by atoms with E-state index in [9.17, 15) is 0 Å². The normalized spacial score (nSPS) is 29.5. The summed E-state index contributed by atoms with van der Waals surface area (Å²) in [5.74, 6) is 1.45. The van der Waals surface area contributed by atoms with Gasteiger partial charge in [-0.15, -0.1) is 11.6 Å². The molecular formula is C14H23ClN2. The van der Waals surface area contributed by atoms with Crippen LogP contribution in [-0.2, 0) is 13.0 Å². The molecule has 0 N–H and O–H groups in total. The van der Waals surface area contributed by atoms with Crippen LogP contribution in [0.25, 0.3) is 0 Å². The minimum Gasteiger partial charge on any atom is -0.270 e. The van der Waals surface area contributed by atoms with E-state index in [1.54, 1.807) is 0 Å². The second-order valence-electron chi connectivity index (χ2n) is 5.49. The van der Waals surface area contributed by atoms with Crippen molar-refractivity contribution in [3.63, 3.8) is 0 Å². The summed E-state index contributed by atoms with van der Waals surface area (Å²) in [6.45, 7) is 7.52. The summed E-state index contributed by atoms with van der Waals surface area (Å²) in [6, 6.07) is 2.21. The highest BCUT2D eigenvalue weighted by Crippen LogP contribution is 2.34. The molecule has 0 bridgehead atoms. The predicted octanol–water partition coefficient (Wildman–Crippen LogP) is 3.80. The van der Waals surface area contributed by atoms with Crippen molar-refractivity contribution in [2.24, 2.45) is 11.8 Å². The molecule has 0 spiro atoms. The molecule has 17 heavy (non-hydrogen) atoms. The molecule has 1 saturated carbocycles. The quantitative estimate of drug-likeness (QED) is 0.751. The van der Waals surface area contributed by atoms with E-state index in [2.05, 4.69) is 36.6 Å². The van der Waals surface area contributed by atoms with Crippen molar-refractivity contribution in [3.8, 4) is 0 Å². The molecule has 96 valence electrons. The van der Waals surface area contributed by atoms with Gasteiger partial charge in [-0.05, 0) is 57.4 Å². The first-order valence-corrected chi connectivity index (χ1v) is 7.21. The van der Waals surface area contributed by atoms with E-state index in [1.165, 1.54) is 25.0 Å². The molecule has 3 unspecified atom stereocenters. The van der Waals surface area contributed by atoms with Crippen molar-refractivity contribution in [3.05, 3.63) is 17.5 Å². The lowest BCUT2D eigenvalue weighted by Gasteiger charge is -2.31. The van der Waals surface area contributed by atoms with Gasteiger partial charge in [0.15, 0.2) is 0 Å². The van der Waals surface area contributed by atoms with E-state index in [0.717, 1.165) is 24.6 Å². The van der Waals surface area contributed by atoms with E-state index in [0.29, 0.717) is 11.3 Å². The number of aromatic nitrogens is 2. The summed E-state index contributed by atoms with van der Waals surface area (Å²) in [4.78, 5) is 0. The van der Waals surface area contributed by atoms with Gasteiger partial charge in [-0.2, -0.15) is 5.10 Å². The molecule has 1 aliphatic rings. The summed E-state index contributed by atoms with van der Waals surface area (Å²) in [5.41, 5.74) is 2.48. The molecule has 3 atom stereocenters. The lowest BCUT2D eigenvalue weighted by molar-refractivity contribution is 0.283. The Morgan fingerprint density at radius 3 is 2.94 bits per heavy atom. The molecule has 0 saturated heterocycles. The van der Waals surface area contributed by atoms with Crippen LogP contribution in [0.15, 0.2) is 6.07 Å². The fraction of sp³-hybridized carbons (Fsp3) is 0.786. The average Bonchev–Trinajstić information content (AvgIpc) is 2.64. The Morgan fingerprint density at radius 1 is 1.47 bits per heavy atom. The average molecular weight is 255 g/mol. The van der Waals surface area contributed by atoms with Crippen molar-refractivity contribution in [2.45, 2.75) is 58.4 Å². The fourth-order valence-electron chi connectivity index (χ4n) is 2.98. The second-order valence-corrected chi connectivity index (χ2v) is 6.05. The molecule has 1 aromatic heterocycles. The summed E-state index contributed by atoms with van der Waals surface area (Å²) in [6.07, 6.45) is 4.82. The Labute approximate surface area is 109 Å². The van der Waals surface area contributed by atoms with Crippen molar-refractivity contribution in [1.29, 1.82) is 0 Å².